The Morgan fingerprint density at radius 2 is 1.93 bits per heavy atom. The number of anilines is 1. The van der Waals surface area contributed by atoms with Crippen LogP contribution >= 0.6 is 27.3 Å². The van der Waals surface area contributed by atoms with Gasteiger partial charge in [0, 0.05) is 15.4 Å². The maximum Gasteiger partial charge on any atom is 0.196 e. The Labute approximate surface area is 171 Å². The number of unbranched alkanes of at least 4 members (excludes halogenated alkanes) is 1. The van der Waals surface area contributed by atoms with Crippen molar-refractivity contribution >= 4 is 38.7 Å². The Hall–Kier alpha value is -2.49. The first-order chi connectivity index (χ1) is 13.2. The van der Waals surface area contributed by atoms with Crippen molar-refractivity contribution in [2.45, 2.75) is 26.2 Å². The molecule has 0 unspecified atom stereocenters. The Balaban J connectivity index is 1.71. The summed E-state index contributed by atoms with van der Waals surface area (Å²) in [4.78, 5) is 4.55. The molecule has 0 saturated heterocycles. The summed E-state index contributed by atoms with van der Waals surface area (Å²) >= 11 is 4.84. The summed E-state index contributed by atoms with van der Waals surface area (Å²) in [6.45, 7) is 2.19. The molecular formula is C21H19BrN4S. The minimum atomic E-state index is 0.276. The minimum Gasteiger partial charge on any atom is -0.277 e. The molecule has 3 rings (SSSR count). The van der Waals surface area contributed by atoms with Crippen LogP contribution in [0.4, 0.5) is 5.69 Å². The van der Waals surface area contributed by atoms with Gasteiger partial charge >= 0.3 is 0 Å². The molecule has 4 nitrogen and oxygen atoms in total. The number of nitriles is 1. The highest BCUT2D eigenvalue weighted by Crippen LogP contribution is 2.24. The number of hydrazone groups is 1. The Bertz CT molecular complexity index is 953. The maximum absolute atomic E-state index is 9.45. The summed E-state index contributed by atoms with van der Waals surface area (Å²) in [5, 5.41) is 16.2. The quantitative estimate of drug-likeness (QED) is 0.349. The fraction of sp³-hybridized carbons (Fsp3) is 0.190. The summed E-state index contributed by atoms with van der Waals surface area (Å²) < 4.78 is 1.02. The van der Waals surface area contributed by atoms with E-state index in [0.29, 0.717) is 5.01 Å². The molecule has 6 heteroatoms. The van der Waals surface area contributed by atoms with Gasteiger partial charge in [-0.25, -0.2) is 4.98 Å². The van der Waals surface area contributed by atoms with E-state index in [4.69, 9.17) is 0 Å². The van der Waals surface area contributed by atoms with Crippen LogP contribution in [0.2, 0.25) is 0 Å². The first-order valence-corrected chi connectivity index (χ1v) is 10.4. The Morgan fingerprint density at radius 1 is 1.19 bits per heavy atom. The van der Waals surface area contributed by atoms with Gasteiger partial charge in [0.25, 0.3) is 0 Å². The first kappa shape index (κ1) is 19.3. The van der Waals surface area contributed by atoms with Crippen LogP contribution in [0.3, 0.4) is 0 Å². The van der Waals surface area contributed by atoms with Crippen molar-refractivity contribution in [2.75, 3.05) is 5.43 Å². The Kier molecular flexibility index (Phi) is 6.74. The van der Waals surface area contributed by atoms with E-state index in [0.717, 1.165) is 27.8 Å². The lowest BCUT2D eigenvalue weighted by Crippen LogP contribution is -2.01. The van der Waals surface area contributed by atoms with Crippen molar-refractivity contribution < 1.29 is 0 Å². The fourth-order valence-corrected chi connectivity index (χ4v) is 3.53. The maximum atomic E-state index is 9.45. The van der Waals surface area contributed by atoms with E-state index in [9.17, 15) is 5.26 Å². The lowest BCUT2D eigenvalue weighted by molar-refractivity contribution is 0.795. The minimum absolute atomic E-state index is 0.276. The number of aryl methyl sites for hydroxylation is 1. The molecule has 1 aromatic heterocycles. The van der Waals surface area contributed by atoms with Gasteiger partial charge in [0.15, 0.2) is 10.7 Å². The van der Waals surface area contributed by atoms with Crippen LogP contribution in [0.25, 0.3) is 11.3 Å². The zero-order chi connectivity index (χ0) is 19.1. The number of hydrogen-bond acceptors (Lipinski definition) is 5. The molecule has 0 fully saturated rings. The van der Waals surface area contributed by atoms with E-state index in [-0.39, 0.29) is 5.71 Å². The van der Waals surface area contributed by atoms with Crippen molar-refractivity contribution in [3.8, 4) is 17.3 Å². The van der Waals surface area contributed by atoms with Gasteiger partial charge in [-0.05, 0) is 42.7 Å². The second kappa shape index (κ2) is 9.45. The standard InChI is InChI=1S/C21H19BrN4S/c1-2-3-4-15-5-11-18(12-6-15)25-26-19(13-23)21-24-20(14-27-21)16-7-9-17(22)10-8-16/h5-12,14,25H,2-4H2,1H3/b26-19-. The highest BCUT2D eigenvalue weighted by atomic mass is 79.9. The molecule has 136 valence electrons. The molecule has 0 aliphatic carbocycles. The molecule has 2 aromatic carbocycles. The summed E-state index contributed by atoms with van der Waals surface area (Å²) in [5.41, 5.74) is 7.25. The van der Waals surface area contributed by atoms with Gasteiger partial charge in [-0.15, -0.1) is 11.3 Å². The predicted octanol–water partition coefficient (Wildman–Crippen LogP) is 6.25. The molecule has 27 heavy (non-hydrogen) atoms. The Morgan fingerprint density at radius 3 is 2.59 bits per heavy atom. The van der Waals surface area contributed by atoms with E-state index in [1.807, 2.05) is 41.8 Å². The van der Waals surface area contributed by atoms with Gasteiger partial charge in [-0.2, -0.15) is 10.4 Å². The second-order valence-corrected chi connectivity index (χ2v) is 7.80. The number of nitrogens with zero attached hydrogens (tertiary/aromatic N) is 3. The molecule has 0 aliphatic heterocycles. The van der Waals surface area contributed by atoms with Crippen molar-refractivity contribution in [1.82, 2.24) is 4.98 Å². The van der Waals surface area contributed by atoms with E-state index in [2.05, 4.69) is 56.6 Å². The number of nitrogens with one attached hydrogen (secondary N) is 1. The fourth-order valence-electron chi connectivity index (χ4n) is 2.50. The lowest BCUT2D eigenvalue weighted by Gasteiger charge is -2.03. The molecule has 0 spiro atoms. The van der Waals surface area contributed by atoms with Crippen LogP contribution in [0.15, 0.2) is 63.5 Å². The van der Waals surface area contributed by atoms with Crippen LogP contribution in [0, 0.1) is 11.3 Å². The number of hydrogen-bond donors (Lipinski definition) is 1. The van der Waals surface area contributed by atoms with Crippen LogP contribution < -0.4 is 5.43 Å². The summed E-state index contributed by atoms with van der Waals surface area (Å²) in [6.07, 6.45) is 3.46. The van der Waals surface area contributed by atoms with Gasteiger partial charge in [0.2, 0.25) is 0 Å². The van der Waals surface area contributed by atoms with Crippen molar-refractivity contribution in [3.05, 3.63) is 69.0 Å². The van der Waals surface area contributed by atoms with Crippen molar-refractivity contribution in [2.24, 2.45) is 5.10 Å². The van der Waals surface area contributed by atoms with Gasteiger partial charge in [0.1, 0.15) is 6.07 Å². The zero-order valence-corrected chi connectivity index (χ0v) is 17.3. The molecule has 1 N–H and O–H groups in total. The first-order valence-electron chi connectivity index (χ1n) is 8.74. The molecule has 0 atom stereocenters. The monoisotopic (exact) mass is 438 g/mol. The van der Waals surface area contributed by atoms with Crippen LogP contribution in [0.5, 0.6) is 0 Å². The summed E-state index contributed by atoms with van der Waals surface area (Å²) in [6, 6.07) is 18.2. The molecule has 0 radical (unpaired) electrons. The SMILES string of the molecule is CCCCc1ccc(N/N=C(/C#N)c2nc(-c3ccc(Br)cc3)cs2)cc1. The highest BCUT2D eigenvalue weighted by molar-refractivity contribution is 9.10. The number of thiazole rings is 1. The number of aromatic nitrogens is 1. The van der Waals surface area contributed by atoms with Crippen molar-refractivity contribution in [3.63, 3.8) is 0 Å². The molecule has 0 aliphatic rings. The molecule has 0 bridgehead atoms. The largest absolute Gasteiger partial charge is 0.277 e. The third-order valence-electron chi connectivity index (χ3n) is 4.02. The average molecular weight is 439 g/mol. The van der Waals surface area contributed by atoms with Gasteiger partial charge in [0.05, 0.1) is 11.4 Å². The van der Waals surface area contributed by atoms with Gasteiger partial charge < -0.3 is 0 Å². The van der Waals surface area contributed by atoms with Gasteiger partial charge in [-0.3, -0.25) is 5.43 Å². The molecule has 0 saturated carbocycles. The number of rotatable bonds is 7. The molecule has 1 heterocycles. The van der Waals surface area contributed by atoms with Crippen LogP contribution in [-0.4, -0.2) is 10.7 Å². The van der Waals surface area contributed by atoms with E-state index < -0.39 is 0 Å². The van der Waals surface area contributed by atoms with Crippen molar-refractivity contribution in [1.29, 1.82) is 5.26 Å². The van der Waals surface area contributed by atoms with E-state index in [1.165, 1.54) is 29.7 Å². The normalized spacial score (nSPS) is 11.2. The predicted molar refractivity (Wildman–Crippen MR) is 116 cm³/mol. The van der Waals surface area contributed by atoms with Crippen LogP contribution in [0.1, 0.15) is 30.3 Å². The highest BCUT2D eigenvalue weighted by Gasteiger charge is 2.10. The average Bonchev–Trinajstić information content (AvgIpc) is 3.18. The van der Waals surface area contributed by atoms with Crippen LogP contribution in [-0.2, 0) is 6.42 Å². The second-order valence-electron chi connectivity index (χ2n) is 6.03. The zero-order valence-electron chi connectivity index (χ0n) is 14.9. The molecule has 0 amide bonds. The van der Waals surface area contributed by atoms with E-state index >= 15 is 0 Å². The number of halogens is 1. The van der Waals surface area contributed by atoms with Gasteiger partial charge in [-0.1, -0.05) is 53.5 Å². The number of benzene rings is 2. The third kappa shape index (κ3) is 5.25. The molecular weight excluding hydrogens is 420 g/mol. The topological polar surface area (TPSA) is 61.1 Å². The summed E-state index contributed by atoms with van der Waals surface area (Å²) in [7, 11) is 0. The summed E-state index contributed by atoms with van der Waals surface area (Å²) in [5.74, 6) is 0. The third-order valence-corrected chi connectivity index (χ3v) is 5.40. The molecule has 3 aromatic rings. The van der Waals surface area contributed by atoms with E-state index in [1.54, 1.807) is 0 Å². The smallest absolute Gasteiger partial charge is 0.196 e. The lowest BCUT2D eigenvalue weighted by atomic mass is 10.1.